The minimum atomic E-state index is -2.33. The van der Waals surface area contributed by atoms with E-state index in [4.69, 9.17) is 15.0 Å². The Balaban J connectivity index is -0.00000000450. The molecule has 0 saturated heterocycles. The van der Waals surface area contributed by atoms with E-state index in [9.17, 15) is 0 Å². The van der Waals surface area contributed by atoms with Gasteiger partial charge in [0.15, 0.2) is 0 Å². The SMILES string of the molecule is O=C([O-])[O-].[Co+2].[Li+].[Mn+2].[Ni+2].[OH-]. The maximum absolute atomic E-state index is 8.33. The van der Waals surface area contributed by atoms with Crippen molar-refractivity contribution in [1.29, 1.82) is 0 Å². The third kappa shape index (κ3) is 278. The third-order valence-electron chi connectivity index (χ3n) is 0. The Morgan fingerprint density at radius 3 is 1.22 bits per heavy atom. The van der Waals surface area contributed by atoms with Crippen molar-refractivity contribution in [3.05, 3.63) is 0 Å². The summed E-state index contributed by atoms with van der Waals surface area (Å²) in [5.74, 6) is 0. The van der Waals surface area contributed by atoms with Crippen LogP contribution in [0.5, 0.6) is 0 Å². The van der Waals surface area contributed by atoms with Gasteiger partial charge >= 0.3 is 69.2 Å². The third-order valence-corrected chi connectivity index (χ3v) is 0. The number of carbonyl (C=O) groups is 1. The molecule has 52 valence electrons. The van der Waals surface area contributed by atoms with Crippen LogP contribution in [-0.2, 0) is 50.3 Å². The van der Waals surface area contributed by atoms with E-state index in [0.29, 0.717) is 0 Å². The number of hydrogen-bond donors (Lipinski definition) is 0. The van der Waals surface area contributed by atoms with Gasteiger partial charge in [-0.1, -0.05) is 0 Å². The first kappa shape index (κ1) is 47.8. The van der Waals surface area contributed by atoms with Crippen molar-refractivity contribution in [3.8, 4) is 0 Å². The van der Waals surface area contributed by atoms with Gasteiger partial charge in [-0.3, -0.25) is 0 Å². The van der Waals surface area contributed by atoms with Crippen molar-refractivity contribution < 1.29 is 89.7 Å². The summed E-state index contributed by atoms with van der Waals surface area (Å²) in [5, 5.41) is 16.7. The Bertz CT molecular complexity index is 43.5. The van der Waals surface area contributed by atoms with Gasteiger partial charge in [0.05, 0.1) is 0 Å². The molecule has 0 aliphatic heterocycles. The van der Waals surface area contributed by atoms with Gasteiger partial charge < -0.3 is 20.5 Å². The van der Waals surface area contributed by atoms with Gasteiger partial charge in [0.2, 0.25) is 0 Å². The fraction of sp³-hybridized carbons (Fsp3) is 0. The second kappa shape index (κ2) is 34.5. The minimum absolute atomic E-state index is 0. The van der Waals surface area contributed by atoms with E-state index in [-0.39, 0.29) is 74.7 Å². The molecule has 8 heteroatoms. The second-order valence-corrected chi connectivity index (χ2v) is 0.250. The minimum Gasteiger partial charge on any atom is -0.870 e. The molecule has 0 aromatic rings. The van der Waals surface area contributed by atoms with Crippen molar-refractivity contribution in [2.45, 2.75) is 0 Å². The summed E-state index contributed by atoms with van der Waals surface area (Å²) in [6, 6.07) is 0. The van der Waals surface area contributed by atoms with E-state index in [1.807, 2.05) is 0 Å². The predicted octanol–water partition coefficient (Wildman–Crippen LogP) is -5.63. The first-order chi connectivity index (χ1) is 1.73. The van der Waals surface area contributed by atoms with Gasteiger partial charge in [-0.25, -0.2) is 0 Å². The second-order valence-electron chi connectivity index (χ2n) is 0.250. The summed E-state index contributed by atoms with van der Waals surface area (Å²) < 4.78 is 0. The van der Waals surface area contributed by atoms with Crippen molar-refractivity contribution in [3.63, 3.8) is 0 Å². The summed E-state index contributed by atoms with van der Waals surface area (Å²) >= 11 is 0. The van der Waals surface area contributed by atoms with Crippen LogP contribution in [0.25, 0.3) is 0 Å². The molecular weight excluding hydrogens is 256 g/mol. The molecule has 0 rings (SSSR count). The van der Waals surface area contributed by atoms with E-state index in [1.165, 1.54) is 0 Å². The van der Waals surface area contributed by atoms with Gasteiger partial charge in [0.1, 0.15) is 0 Å². The first-order valence-corrected chi connectivity index (χ1v) is 0.612. The molecule has 0 aromatic heterocycles. The quantitative estimate of drug-likeness (QED) is 0.404. The van der Waals surface area contributed by atoms with Crippen LogP contribution in [0.3, 0.4) is 0 Å². The van der Waals surface area contributed by atoms with Crippen LogP contribution in [0.15, 0.2) is 0 Å². The monoisotopic (exact) mass is 256 g/mol. The topological polar surface area (TPSA) is 93.2 Å². The van der Waals surface area contributed by atoms with Gasteiger partial charge in [-0.15, -0.1) is 0 Å². The molecule has 0 aliphatic rings. The van der Waals surface area contributed by atoms with E-state index >= 15 is 0 Å². The Labute approximate surface area is 95.2 Å². The van der Waals surface area contributed by atoms with Crippen LogP contribution in [0.4, 0.5) is 4.79 Å². The summed E-state index contributed by atoms with van der Waals surface area (Å²) in [6.45, 7) is 0. The molecule has 0 atom stereocenters. The van der Waals surface area contributed by atoms with Crippen molar-refractivity contribution >= 4 is 6.16 Å². The fourth-order valence-electron chi connectivity index (χ4n) is 0. The largest absolute Gasteiger partial charge is 2.00 e. The molecule has 0 amide bonds. The van der Waals surface area contributed by atoms with Gasteiger partial charge in [0.25, 0.3) is 0 Å². The standard InChI is InChI=1S/CH2O3.Co.Li.Mn.Ni.H2O/c2-1(3)4;;;;;/h(H2,2,3,4);;;;;1H2/q;+2;+1;2*+2;/p-3. The molecule has 9 heavy (non-hydrogen) atoms. The maximum Gasteiger partial charge on any atom is 2.00 e. The molecule has 0 heterocycles. The van der Waals surface area contributed by atoms with Gasteiger partial charge in [0, 0.05) is 0 Å². The molecule has 0 saturated carbocycles. The molecule has 0 fully saturated rings. The van der Waals surface area contributed by atoms with Gasteiger partial charge in [-0.05, 0) is 6.16 Å². The van der Waals surface area contributed by atoms with Crippen molar-refractivity contribution in [2.75, 3.05) is 0 Å². The zero-order chi connectivity index (χ0) is 3.58. The molecule has 4 nitrogen and oxygen atoms in total. The molecule has 2 radical (unpaired) electrons. The zero-order valence-corrected chi connectivity index (χ0v) is 7.41. The number of hydrogen-bond acceptors (Lipinski definition) is 4. The summed E-state index contributed by atoms with van der Waals surface area (Å²) in [5.41, 5.74) is 0. The van der Waals surface area contributed by atoms with Crippen molar-refractivity contribution in [2.24, 2.45) is 0 Å². The summed E-state index contributed by atoms with van der Waals surface area (Å²) in [4.78, 5) is 8.33. The van der Waals surface area contributed by atoms with E-state index in [0.717, 1.165) is 0 Å². The smallest absolute Gasteiger partial charge is 0.870 e. The van der Waals surface area contributed by atoms with Gasteiger partial charge in [-0.2, -0.15) is 0 Å². The van der Waals surface area contributed by atoms with Crippen LogP contribution in [0.1, 0.15) is 0 Å². The molecule has 0 aliphatic carbocycles. The van der Waals surface area contributed by atoms with Crippen molar-refractivity contribution in [1.82, 2.24) is 0 Å². The maximum atomic E-state index is 8.33. The Morgan fingerprint density at radius 1 is 1.22 bits per heavy atom. The average molecular weight is 257 g/mol. The van der Waals surface area contributed by atoms with Crippen LogP contribution in [0, 0.1) is 0 Å². The van der Waals surface area contributed by atoms with E-state index in [1.54, 1.807) is 0 Å². The molecule has 0 bridgehead atoms. The molecule has 0 spiro atoms. The molecular formula is CHCoLiMnNiO4+4. The Hall–Kier alpha value is 1.35. The molecule has 0 aromatic carbocycles. The van der Waals surface area contributed by atoms with Crippen LogP contribution < -0.4 is 29.1 Å². The van der Waals surface area contributed by atoms with Crippen LogP contribution in [-0.4, -0.2) is 11.6 Å². The predicted molar refractivity (Wildman–Crippen MR) is 7.33 cm³/mol. The average Bonchev–Trinajstić information content (AvgIpc) is 0.811. The molecule has 1 N–H and O–H groups in total. The Morgan fingerprint density at radius 2 is 1.22 bits per heavy atom. The summed E-state index contributed by atoms with van der Waals surface area (Å²) in [6.07, 6.45) is -2.33. The van der Waals surface area contributed by atoms with Crippen LogP contribution in [0.2, 0.25) is 0 Å². The molecule has 0 unspecified atom stereocenters. The summed E-state index contributed by atoms with van der Waals surface area (Å²) in [7, 11) is 0. The number of rotatable bonds is 0. The normalized spacial score (nSPS) is 2.67. The van der Waals surface area contributed by atoms with E-state index < -0.39 is 6.16 Å². The number of carboxylic acid groups (broad SMARTS) is 2. The number of carbonyl (C=O) groups excluding carboxylic acids is 1. The first-order valence-electron chi connectivity index (χ1n) is 0.612. The van der Waals surface area contributed by atoms with Crippen LogP contribution >= 0.6 is 0 Å². The zero-order valence-electron chi connectivity index (χ0n) is 4.20. The van der Waals surface area contributed by atoms with E-state index in [2.05, 4.69) is 0 Å². The Kier molecular flexibility index (Phi) is 183. The fourth-order valence-corrected chi connectivity index (χ4v) is 0.